The Labute approximate surface area is 137 Å². The molecule has 0 spiro atoms. The molecule has 1 aromatic carbocycles. The number of hydrogen-bond donors (Lipinski definition) is 0. The van der Waals surface area contributed by atoms with Crippen LogP contribution in [-0.4, -0.2) is 31.3 Å². The Bertz CT molecular complexity index is 636. The van der Waals surface area contributed by atoms with Crippen LogP contribution in [0.5, 0.6) is 5.75 Å². The molecule has 7 heteroatoms. The van der Waals surface area contributed by atoms with Gasteiger partial charge in [-0.1, -0.05) is 29.8 Å². The van der Waals surface area contributed by atoms with Gasteiger partial charge >= 0.3 is 6.16 Å². The molecular weight excluding hydrogens is 318 g/mol. The molecule has 0 N–H and O–H groups in total. The Morgan fingerprint density at radius 2 is 1.87 bits per heavy atom. The molecule has 0 amide bonds. The summed E-state index contributed by atoms with van der Waals surface area (Å²) in [7, 11) is -3.71. The van der Waals surface area contributed by atoms with Crippen molar-refractivity contribution >= 4 is 16.2 Å². The summed E-state index contributed by atoms with van der Waals surface area (Å²) in [5.41, 5.74) is 1.15. The maximum absolute atomic E-state index is 11.8. The van der Waals surface area contributed by atoms with Gasteiger partial charge in [0.15, 0.2) is 0 Å². The quantitative estimate of drug-likeness (QED) is 0.328. The van der Waals surface area contributed by atoms with Crippen LogP contribution < -0.4 is 4.74 Å². The van der Waals surface area contributed by atoms with Crippen molar-refractivity contribution in [1.29, 1.82) is 0 Å². The van der Waals surface area contributed by atoms with E-state index < -0.39 is 22.2 Å². The summed E-state index contributed by atoms with van der Waals surface area (Å²) < 4.78 is 29.3. The lowest BCUT2D eigenvalue weighted by Gasteiger charge is -2.24. The first kappa shape index (κ1) is 19.2. The highest BCUT2D eigenvalue weighted by Gasteiger charge is 2.28. The molecule has 6 nitrogen and oxygen atoms in total. The summed E-state index contributed by atoms with van der Waals surface area (Å²) >= 11 is 0. The molecule has 0 radical (unpaired) electrons. The second-order valence-corrected chi connectivity index (χ2v) is 7.31. The topological polar surface area (TPSA) is 72.9 Å². The molecule has 0 aliphatic carbocycles. The third kappa shape index (κ3) is 7.30. The third-order valence-corrected chi connectivity index (χ3v) is 4.02. The first-order valence-corrected chi connectivity index (χ1v) is 9.12. The van der Waals surface area contributed by atoms with Crippen molar-refractivity contribution in [1.82, 2.24) is 4.47 Å². The van der Waals surface area contributed by atoms with Crippen LogP contribution in [0.3, 0.4) is 0 Å². The molecule has 0 saturated carbocycles. The number of carbonyl (C=O) groups excluding carboxylic acids is 1. The van der Waals surface area contributed by atoms with Crippen LogP contribution in [0, 0.1) is 0 Å². The van der Waals surface area contributed by atoms with E-state index in [-0.39, 0.29) is 5.75 Å². The molecule has 23 heavy (non-hydrogen) atoms. The Morgan fingerprint density at radius 3 is 2.39 bits per heavy atom. The minimum atomic E-state index is -3.71. The van der Waals surface area contributed by atoms with Gasteiger partial charge in [0.25, 0.3) is 0 Å². The largest absolute Gasteiger partial charge is 0.534 e. The summed E-state index contributed by atoms with van der Waals surface area (Å²) in [6, 6.07) is 7.81. The van der Waals surface area contributed by atoms with E-state index in [0.717, 1.165) is 11.8 Å². The first-order chi connectivity index (χ1) is 10.7. The molecule has 0 saturated heterocycles. The van der Waals surface area contributed by atoms with Crippen molar-refractivity contribution in [2.45, 2.75) is 39.7 Å². The second kappa shape index (κ2) is 8.69. The second-order valence-electron chi connectivity index (χ2n) is 5.48. The van der Waals surface area contributed by atoms with Crippen molar-refractivity contribution < 1.29 is 22.8 Å². The average Bonchev–Trinajstić information content (AvgIpc) is 2.44. The number of hydroxylamine groups is 1. The van der Waals surface area contributed by atoms with E-state index >= 15 is 0 Å². The highest BCUT2D eigenvalue weighted by atomic mass is 32.2. The maximum Gasteiger partial charge on any atom is 0.534 e. The zero-order valence-corrected chi connectivity index (χ0v) is 14.7. The summed E-state index contributed by atoms with van der Waals surface area (Å²) in [5, 5.41) is 0. The van der Waals surface area contributed by atoms with Crippen molar-refractivity contribution in [3.63, 3.8) is 0 Å². The van der Waals surface area contributed by atoms with Gasteiger partial charge in [0, 0.05) is 0 Å². The lowest BCUT2D eigenvalue weighted by molar-refractivity contribution is -0.0691. The summed E-state index contributed by atoms with van der Waals surface area (Å²) in [5.74, 6) is 0.281. The summed E-state index contributed by atoms with van der Waals surface area (Å²) in [4.78, 5) is 16.7. The van der Waals surface area contributed by atoms with Crippen molar-refractivity contribution in [3.05, 3.63) is 42.0 Å². The number of nitrogens with zero attached hydrogens (tertiary/aromatic N) is 1. The lowest BCUT2D eigenvalue weighted by Crippen LogP contribution is -2.40. The molecule has 0 aliphatic heterocycles. The zero-order valence-electron chi connectivity index (χ0n) is 13.9. The highest BCUT2D eigenvalue weighted by molar-refractivity contribution is 7.88. The monoisotopic (exact) mass is 341 g/mol. The smallest absolute Gasteiger partial charge is 0.394 e. The van der Waals surface area contributed by atoms with Gasteiger partial charge < -0.3 is 9.57 Å². The van der Waals surface area contributed by atoms with Gasteiger partial charge in [0.1, 0.15) is 5.75 Å². The Kier molecular flexibility index (Phi) is 7.25. The van der Waals surface area contributed by atoms with Gasteiger partial charge in [0.2, 0.25) is 10.0 Å². The van der Waals surface area contributed by atoms with E-state index in [1.54, 1.807) is 37.3 Å². The van der Waals surface area contributed by atoms with Gasteiger partial charge in [-0.25, -0.2) is 13.2 Å². The van der Waals surface area contributed by atoms with E-state index in [2.05, 4.69) is 0 Å². The van der Waals surface area contributed by atoms with Crippen molar-refractivity contribution in [2.75, 3.05) is 6.26 Å². The van der Waals surface area contributed by atoms with E-state index in [4.69, 9.17) is 9.57 Å². The van der Waals surface area contributed by atoms with Crippen LogP contribution in [0.4, 0.5) is 4.79 Å². The molecule has 0 bridgehead atoms. The normalized spacial score (nSPS) is 12.6. The number of benzene rings is 1. The number of ether oxygens (including phenoxy) is 1. The number of sulfonamides is 1. The van der Waals surface area contributed by atoms with Gasteiger partial charge in [-0.2, -0.15) is 0 Å². The molecule has 0 aromatic heterocycles. The van der Waals surface area contributed by atoms with Crippen LogP contribution in [0.2, 0.25) is 0 Å². The molecular formula is C16H23NO5S. The number of allylic oxidation sites excluding steroid dienone is 2. The zero-order chi connectivity index (χ0) is 17.5. The fourth-order valence-electron chi connectivity index (χ4n) is 1.88. The predicted octanol–water partition coefficient (Wildman–Crippen LogP) is 3.51. The molecule has 1 atom stereocenters. The van der Waals surface area contributed by atoms with Gasteiger partial charge in [-0.15, -0.1) is 0 Å². The van der Waals surface area contributed by atoms with Gasteiger partial charge in [-0.3, -0.25) is 0 Å². The van der Waals surface area contributed by atoms with Crippen LogP contribution in [0.15, 0.2) is 42.0 Å². The fraction of sp³-hybridized carbons (Fsp3) is 0.438. The Balaban J connectivity index is 2.71. The predicted molar refractivity (Wildman–Crippen MR) is 88.4 cm³/mol. The molecule has 1 unspecified atom stereocenters. The van der Waals surface area contributed by atoms with E-state index in [9.17, 15) is 13.2 Å². The molecule has 1 rings (SSSR count). The number of para-hydroxylation sites is 1. The molecule has 0 fully saturated rings. The van der Waals surface area contributed by atoms with Crippen LogP contribution in [0.25, 0.3) is 0 Å². The van der Waals surface area contributed by atoms with Crippen LogP contribution in [-0.2, 0) is 14.9 Å². The van der Waals surface area contributed by atoms with E-state index in [1.807, 2.05) is 19.9 Å². The van der Waals surface area contributed by atoms with Gasteiger partial charge in [0.05, 0.1) is 12.3 Å². The molecule has 0 aliphatic rings. The van der Waals surface area contributed by atoms with Gasteiger partial charge in [-0.05, 0) is 50.2 Å². The molecule has 1 aromatic rings. The Morgan fingerprint density at radius 1 is 1.26 bits per heavy atom. The minimum absolute atomic E-state index is 0.281. The summed E-state index contributed by atoms with van der Waals surface area (Å²) in [6.45, 7) is 5.61. The Hall–Kier alpha value is -1.86. The minimum Gasteiger partial charge on any atom is -0.394 e. The number of rotatable bonds is 7. The number of carbonyl (C=O) groups is 1. The fourth-order valence-corrected chi connectivity index (χ4v) is 2.84. The van der Waals surface area contributed by atoms with Crippen molar-refractivity contribution in [2.24, 2.45) is 0 Å². The summed E-state index contributed by atoms with van der Waals surface area (Å²) in [6.07, 6.45) is 3.11. The first-order valence-electron chi connectivity index (χ1n) is 7.27. The third-order valence-electron chi connectivity index (χ3n) is 2.93. The maximum atomic E-state index is 11.8. The standard InChI is InChI=1S/C16H23NO5S/c1-13(2)9-8-10-14(3)17(23(4,19)20)22-16(18)21-15-11-6-5-7-12-15/h5-7,9,11-12,14H,8,10H2,1-4H3. The van der Waals surface area contributed by atoms with E-state index in [0.29, 0.717) is 17.3 Å². The van der Waals surface area contributed by atoms with Crippen LogP contribution in [0.1, 0.15) is 33.6 Å². The average molecular weight is 341 g/mol. The SMILES string of the molecule is CC(C)=CCCC(C)N(OC(=O)Oc1ccccc1)S(C)(=O)=O. The molecule has 0 heterocycles. The number of hydrogen-bond acceptors (Lipinski definition) is 5. The lowest BCUT2D eigenvalue weighted by atomic mass is 10.1. The highest BCUT2D eigenvalue weighted by Crippen LogP contribution is 2.15. The van der Waals surface area contributed by atoms with Crippen molar-refractivity contribution in [3.8, 4) is 5.75 Å². The van der Waals surface area contributed by atoms with E-state index in [1.165, 1.54) is 0 Å². The van der Waals surface area contributed by atoms with Crippen LogP contribution >= 0.6 is 0 Å². The molecule has 128 valence electrons.